The molecule has 0 aliphatic rings. The molecule has 6 heteroatoms. The highest BCUT2D eigenvalue weighted by Gasteiger charge is 2.05. The van der Waals surface area contributed by atoms with Gasteiger partial charge in [-0.1, -0.05) is 24.3 Å². The minimum atomic E-state index is -0.580. The number of rotatable bonds is 9. The monoisotopic (exact) mass is 369 g/mol. The lowest BCUT2D eigenvalue weighted by atomic mass is 10.2. The molecule has 0 spiro atoms. The van der Waals surface area contributed by atoms with Crippen molar-refractivity contribution in [3.8, 4) is 11.5 Å². The minimum absolute atomic E-state index is 0.331. The lowest BCUT2D eigenvalue weighted by Gasteiger charge is -2.06. The maximum atomic E-state index is 11.8. The smallest absolute Gasteiger partial charge is 0.331 e. The zero-order chi connectivity index (χ0) is 19.5. The average Bonchev–Trinajstić information content (AvgIpc) is 2.70. The zero-order valence-corrected chi connectivity index (χ0v) is 15.4. The summed E-state index contributed by atoms with van der Waals surface area (Å²) < 4.78 is 15.4. The Morgan fingerprint density at radius 3 is 2.30 bits per heavy atom. The molecule has 0 unspecified atom stereocenters. The van der Waals surface area contributed by atoms with Crippen molar-refractivity contribution in [3.05, 3.63) is 65.7 Å². The molecular weight excluding hydrogens is 346 g/mol. The fourth-order valence-corrected chi connectivity index (χ4v) is 2.19. The summed E-state index contributed by atoms with van der Waals surface area (Å²) in [5.41, 5.74) is 1.75. The molecule has 0 saturated carbocycles. The topological polar surface area (TPSA) is 73.9 Å². The molecule has 1 amide bonds. The van der Waals surface area contributed by atoms with E-state index < -0.39 is 5.97 Å². The predicted molar refractivity (Wildman–Crippen MR) is 102 cm³/mol. The second kappa shape index (κ2) is 10.7. The number of hydrogen-bond acceptors (Lipinski definition) is 5. The van der Waals surface area contributed by atoms with Crippen molar-refractivity contribution < 1.29 is 23.8 Å². The maximum absolute atomic E-state index is 11.8. The van der Waals surface area contributed by atoms with E-state index in [9.17, 15) is 9.59 Å². The van der Waals surface area contributed by atoms with Gasteiger partial charge in [0.15, 0.2) is 6.61 Å². The Bertz CT molecular complexity index is 766. The fraction of sp³-hybridized carbons (Fsp3) is 0.238. The normalized spacial score (nSPS) is 10.4. The second-order valence-corrected chi connectivity index (χ2v) is 5.57. The number of benzene rings is 2. The van der Waals surface area contributed by atoms with E-state index >= 15 is 0 Å². The molecule has 0 fully saturated rings. The van der Waals surface area contributed by atoms with Crippen LogP contribution in [0.4, 0.5) is 0 Å². The molecule has 0 aromatic heterocycles. The molecule has 1 N–H and O–H groups in total. The van der Waals surface area contributed by atoms with E-state index in [0.717, 1.165) is 22.6 Å². The summed E-state index contributed by atoms with van der Waals surface area (Å²) in [6.45, 7) is 2.53. The molecule has 142 valence electrons. The van der Waals surface area contributed by atoms with Gasteiger partial charge in [-0.25, -0.2) is 4.79 Å². The highest BCUT2D eigenvalue weighted by molar-refractivity contribution is 5.89. The average molecular weight is 369 g/mol. The molecule has 0 radical (unpaired) electrons. The first kappa shape index (κ1) is 20.0. The first-order valence-corrected chi connectivity index (χ1v) is 8.58. The number of carbonyl (C=O) groups is 2. The van der Waals surface area contributed by atoms with Gasteiger partial charge in [0.05, 0.1) is 13.7 Å². The van der Waals surface area contributed by atoms with Gasteiger partial charge in [0, 0.05) is 12.6 Å². The molecule has 6 nitrogen and oxygen atoms in total. The molecule has 0 atom stereocenters. The Balaban J connectivity index is 1.71. The third kappa shape index (κ3) is 7.23. The lowest BCUT2D eigenvalue weighted by Crippen LogP contribution is -2.28. The molecule has 2 aromatic rings. The van der Waals surface area contributed by atoms with E-state index in [4.69, 9.17) is 14.2 Å². The van der Waals surface area contributed by atoms with Gasteiger partial charge in [0.1, 0.15) is 11.5 Å². The Labute approximate surface area is 158 Å². The van der Waals surface area contributed by atoms with Gasteiger partial charge in [-0.3, -0.25) is 4.79 Å². The van der Waals surface area contributed by atoms with Crippen LogP contribution >= 0.6 is 0 Å². The van der Waals surface area contributed by atoms with E-state index in [1.54, 1.807) is 13.2 Å². The van der Waals surface area contributed by atoms with Gasteiger partial charge in [0.25, 0.3) is 5.91 Å². The summed E-state index contributed by atoms with van der Waals surface area (Å²) in [7, 11) is 1.59. The molecule has 0 bridgehead atoms. The van der Waals surface area contributed by atoms with Crippen LogP contribution in [0.3, 0.4) is 0 Å². The van der Waals surface area contributed by atoms with Crippen LogP contribution in [0.15, 0.2) is 54.6 Å². The van der Waals surface area contributed by atoms with E-state index in [2.05, 4.69) is 5.32 Å². The summed E-state index contributed by atoms with van der Waals surface area (Å²) in [6.07, 6.45) is 2.90. The quantitative estimate of drug-likeness (QED) is 0.543. The van der Waals surface area contributed by atoms with Crippen LogP contribution in [0.25, 0.3) is 6.08 Å². The van der Waals surface area contributed by atoms with Crippen LogP contribution in [0, 0.1) is 0 Å². The fourth-order valence-electron chi connectivity index (χ4n) is 2.19. The largest absolute Gasteiger partial charge is 0.497 e. The Morgan fingerprint density at radius 2 is 1.67 bits per heavy atom. The molecular formula is C21H23NO5. The van der Waals surface area contributed by atoms with E-state index in [0.29, 0.717) is 13.2 Å². The van der Waals surface area contributed by atoms with Gasteiger partial charge < -0.3 is 19.5 Å². The summed E-state index contributed by atoms with van der Waals surface area (Å²) in [4.78, 5) is 23.5. The zero-order valence-electron chi connectivity index (χ0n) is 15.4. The number of methoxy groups -OCH3 is 1. The van der Waals surface area contributed by atoms with Crippen LogP contribution < -0.4 is 14.8 Å². The van der Waals surface area contributed by atoms with Crippen LogP contribution in [0.1, 0.15) is 18.1 Å². The van der Waals surface area contributed by atoms with Gasteiger partial charge in [-0.05, 0) is 48.4 Å². The number of amides is 1. The first-order chi connectivity index (χ1) is 13.1. The molecule has 2 rings (SSSR count). The van der Waals surface area contributed by atoms with Gasteiger partial charge in [0.2, 0.25) is 0 Å². The summed E-state index contributed by atoms with van der Waals surface area (Å²) in [5.74, 6) is 0.571. The SMILES string of the molecule is CCOc1ccc(C=CC(=O)OCC(=O)NCc2ccc(OC)cc2)cc1. The van der Waals surface area contributed by atoms with Crippen LogP contribution in [-0.2, 0) is 20.9 Å². The minimum Gasteiger partial charge on any atom is -0.497 e. The van der Waals surface area contributed by atoms with Crippen molar-refractivity contribution in [1.29, 1.82) is 0 Å². The third-order valence-corrected chi connectivity index (χ3v) is 3.60. The molecule has 2 aromatic carbocycles. The molecule has 27 heavy (non-hydrogen) atoms. The van der Waals surface area contributed by atoms with Gasteiger partial charge >= 0.3 is 5.97 Å². The van der Waals surface area contributed by atoms with Crippen molar-refractivity contribution >= 4 is 18.0 Å². The summed E-state index contributed by atoms with van der Waals surface area (Å²) >= 11 is 0. The van der Waals surface area contributed by atoms with Crippen LogP contribution in [-0.4, -0.2) is 32.2 Å². The standard InChI is InChI=1S/C21H23NO5/c1-3-26-19-11-4-16(5-12-19)8-13-21(24)27-15-20(23)22-14-17-6-9-18(25-2)10-7-17/h4-13H,3,14-15H2,1-2H3,(H,22,23). The third-order valence-electron chi connectivity index (χ3n) is 3.60. The first-order valence-electron chi connectivity index (χ1n) is 8.58. The maximum Gasteiger partial charge on any atom is 0.331 e. The second-order valence-electron chi connectivity index (χ2n) is 5.57. The number of hydrogen-bond donors (Lipinski definition) is 1. The van der Waals surface area contributed by atoms with Gasteiger partial charge in [-0.2, -0.15) is 0 Å². The highest BCUT2D eigenvalue weighted by atomic mass is 16.5. The van der Waals surface area contributed by atoms with Gasteiger partial charge in [-0.15, -0.1) is 0 Å². The molecule has 0 heterocycles. The molecule has 0 aliphatic heterocycles. The van der Waals surface area contributed by atoms with Crippen molar-refractivity contribution in [1.82, 2.24) is 5.32 Å². The van der Waals surface area contributed by atoms with E-state index in [1.807, 2.05) is 55.5 Å². The lowest BCUT2D eigenvalue weighted by molar-refractivity contribution is -0.143. The number of ether oxygens (including phenoxy) is 3. The van der Waals surface area contributed by atoms with E-state index in [1.165, 1.54) is 6.08 Å². The van der Waals surface area contributed by atoms with Crippen molar-refractivity contribution in [2.45, 2.75) is 13.5 Å². The van der Waals surface area contributed by atoms with Crippen molar-refractivity contribution in [2.24, 2.45) is 0 Å². The molecule has 0 saturated heterocycles. The Morgan fingerprint density at radius 1 is 1.00 bits per heavy atom. The van der Waals surface area contributed by atoms with Crippen LogP contribution in [0.2, 0.25) is 0 Å². The number of nitrogens with one attached hydrogen (secondary N) is 1. The Kier molecular flexibility index (Phi) is 7.91. The summed E-state index contributed by atoms with van der Waals surface area (Å²) in [5, 5.41) is 2.69. The van der Waals surface area contributed by atoms with Crippen LogP contribution in [0.5, 0.6) is 11.5 Å². The highest BCUT2D eigenvalue weighted by Crippen LogP contribution is 2.13. The van der Waals surface area contributed by atoms with Crippen molar-refractivity contribution in [3.63, 3.8) is 0 Å². The van der Waals surface area contributed by atoms with Crippen molar-refractivity contribution in [2.75, 3.05) is 20.3 Å². The summed E-state index contributed by atoms with van der Waals surface area (Å²) in [6, 6.07) is 14.6. The predicted octanol–water partition coefficient (Wildman–Crippen LogP) is 2.97. The Hall–Kier alpha value is -3.28. The number of esters is 1. The number of carbonyl (C=O) groups excluding carboxylic acids is 2. The van der Waals surface area contributed by atoms with E-state index in [-0.39, 0.29) is 12.5 Å². The molecule has 0 aliphatic carbocycles.